The predicted molar refractivity (Wildman–Crippen MR) is 101 cm³/mol. The average Bonchev–Trinajstić information content (AvgIpc) is 2.99. The lowest BCUT2D eigenvalue weighted by Crippen LogP contribution is -2.37. The number of benzene rings is 2. The van der Waals surface area contributed by atoms with Crippen molar-refractivity contribution < 1.29 is 14.3 Å². The van der Waals surface area contributed by atoms with Crippen molar-refractivity contribution in [1.82, 2.24) is 19.7 Å². The number of hydrogen-bond acceptors (Lipinski definition) is 4. The Hall–Kier alpha value is -3.06. The lowest BCUT2D eigenvalue weighted by molar-refractivity contribution is -0.140. The van der Waals surface area contributed by atoms with E-state index >= 15 is 0 Å². The molecule has 0 aliphatic carbocycles. The summed E-state index contributed by atoms with van der Waals surface area (Å²) in [6.45, 7) is 1.43. The van der Waals surface area contributed by atoms with Crippen molar-refractivity contribution >= 4 is 5.91 Å². The fourth-order valence-electron chi connectivity index (χ4n) is 3.39. The second-order valence-electron chi connectivity index (χ2n) is 6.86. The van der Waals surface area contributed by atoms with Crippen LogP contribution < -0.4 is 0 Å². The zero-order chi connectivity index (χ0) is 19.5. The third kappa shape index (κ3) is 3.94. The largest absolute Gasteiger partial charge is 0.378 e. The molecule has 1 aliphatic heterocycles. The average molecular weight is 380 g/mol. The fraction of sp³-hybridized carbons (Fsp3) is 0.286. The minimum atomic E-state index is -1.30. The van der Waals surface area contributed by atoms with Crippen LogP contribution in [0.3, 0.4) is 0 Å². The van der Waals surface area contributed by atoms with Crippen LogP contribution in [0.4, 0.5) is 4.39 Å². The summed E-state index contributed by atoms with van der Waals surface area (Å²) in [6.07, 6.45) is -0.0520. The highest BCUT2D eigenvalue weighted by Gasteiger charge is 2.26. The Labute approximate surface area is 162 Å². The number of aromatic nitrogens is 3. The molecule has 0 saturated carbocycles. The molecule has 3 aromatic rings. The van der Waals surface area contributed by atoms with E-state index in [1.165, 1.54) is 24.3 Å². The number of aliphatic hydroxyl groups is 1. The highest BCUT2D eigenvalue weighted by molar-refractivity contribution is 5.82. The maximum Gasteiger partial charge on any atom is 0.256 e. The van der Waals surface area contributed by atoms with Crippen molar-refractivity contribution in [3.63, 3.8) is 0 Å². The van der Waals surface area contributed by atoms with Gasteiger partial charge in [-0.2, -0.15) is 5.10 Å². The molecule has 1 aromatic heterocycles. The first-order chi connectivity index (χ1) is 13.6. The number of nitrogens with zero attached hydrogens (tertiary/aromatic N) is 4. The number of hydrogen-bond donors (Lipinski definition) is 1. The lowest BCUT2D eigenvalue weighted by Gasteiger charge is -2.23. The van der Waals surface area contributed by atoms with Gasteiger partial charge in [0.25, 0.3) is 5.91 Å². The van der Waals surface area contributed by atoms with Crippen LogP contribution in [0.1, 0.15) is 28.9 Å². The second-order valence-corrected chi connectivity index (χ2v) is 6.86. The van der Waals surface area contributed by atoms with Gasteiger partial charge in [0.15, 0.2) is 11.9 Å². The molecule has 7 heteroatoms. The van der Waals surface area contributed by atoms with Gasteiger partial charge in [0.05, 0.1) is 6.54 Å². The topological polar surface area (TPSA) is 71.2 Å². The van der Waals surface area contributed by atoms with E-state index in [4.69, 9.17) is 0 Å². The molecule has 0 fully saturated rings. The van der Waals surface area contributed by atoms with Crippen molar-refractivity contribution in [2.45, 2.75) is 25.5 Å². The molecule has 0 bridgehead atoms. The molecule has 1 atom stereocenters. The molecule has 1 aliphatic rings. The van der Waals surface area contributed by atoms with Gasteiger partial charge in [0.1, 0.15) is 11.6 Å². The minimum Gasteiger partial charge on any atom is -0.378 e. The van der Waals surface area contributed by atoms with Gasteiger partial charge in [-0.15, -0.1) is 0 Å². The summed E-state index contributed by atoms with van der Waals surface area (Å²) in [5.41, 5.74) is 1.54. The van der Waals surface area contributed by atoms with Crippen molar-refractivity contribution in [2.24, 2.45) is 0 Å². The van der Waals surface area contributed by atoms with E-state index in [9.17, 15) is 14.3 Å². The predicted octanol–water partition coefficient (Wildman–Crippen LogP) is 2.13. The fourth-order valence-corrected chi connectivity index (χ4v) is 3.39. The molecule has 0 radical (unpaired) electrons. The Kier molecular flexibility index (Phi) is 5.16. The van der Waals surface area contributed by atoms with Crippen molar-refractivity contribution in [2.75, 3.05) is 13.1 Å². The van der Waals surface area contributed by atoms with E-state index in [1.807, 2.05) is 35.0 Å². The van der Waals surface area contributed by atoms with E-state index in [0.717, 1.165) is 17.2 Å². The summed E-state index contributed by atoms with van der Waals surface area (Å²) in [6, 6.07) is 15.4. The van der Waals surface area contributed by atoms with Crippen LogP contribution >= 0.6 is 0 Å². The maximum atomic E-state index is 13.1. The van der Waals surface area contributed by atoms with Gasteiger partial charge < -0.3 is 10.0 Å². The Morgan fingerprint density at radius 1 is 1.07 bits per heavy atom. The summed E-state index contributed by atoms with van der Waals surface area (Å²) in [4.78, 5) is 18.9. The third-order valence-corrected chi connectivity index (χ3v) is 4.92. The molecule has 0 saturated heterocycles. The van der Waals surface area contributed by atoms with Crippen LogP contribution in [-0.2, 0) is 24.2 Å². The molecule has 6 nitrogen and oxygen atoms in total. The van der Waals surface area contributed by atoms with Crippen LogP contribution in [0.5, 0.6) is 0 Å². The zero-order valence-electron chi connectivity index (χ0n) is 15.3. The Morgan fingerprint density at radius 2 is 1.82 bits per heavy atom. The van der Waals surface area contributed by atoms with Gasteiger partial charge in [0.2, 0.25) is 0 Å². The number of rotatable bonds is 4. The Balaban J connectivity index is 1.41. The molecule has 144 valence electrons. The summed E-state index contributed by atoms with van der Waals surface area (Å²) < 4.78 is 14.9. The number of fused-ring (bicyclic) bond motifs is 1. The second kappa shape index (κ2) is 7.90. The molecule has 1 N–H and O–H groups in total. The first-order valence-electron chi connectivity index (χ1n) is 9.29. The van der Waals surface area contributed by atoms with E-state index in [-0.39, 0.29) is 5.91 Å². The first kappa shape index (κ1) is 18.3. The molecule has 28 heavy (non-hydrogen) atoms. The van der Waals surface area contributed by atoms with Crippen LogP contribution in [-0.4, -0.2) is 43.8 Å². The van der Waals surface area contributed by atoms with Gasteiger partial charge in [-0.3, -0.25) is 4.79 Å². The lowest BCUT2D eigenvalue weighted by atomic mass is 10.1. The van der Waals surface area contributed by atoms with Gasteiger partial charge >= 0.3 is 0 Å². The number of amides is 1. The van der Waals surface area contributed by atoms with E-state index in [0.29, 0.717) is 38.0 Å². The highest BCUT2D eigenvalue weighted by Crippen LogP contribution is 2.18. The van der Waals surface area contributed by atoms with Gasteiger partial charge in [-0.05, 0) is 23.3 Å². The SMILES string of the molecule is O=C(C(O)c1ccc(F)cc1)N1CCc2nc(Cc3ccccc3)nn2CC1. The van der Waals surface area contributed by atoms with E-state index < -0.39 is 11.9 Å². The summed E-state index contributed by atoms with van der Waals surface area (Å²) >= 11 is 0. The Bertz CT molecular complexity index is 931. The molecule has 2 heterocycles. The van der Waals surface area contributed by atoms with Crippen molar-refractivity contribution in [1.29, 1.82) is 0 Å². The van der Waals surface area contributed by atoms with Crippen LogP contribution in [0, 0.1) is 5.82 Å². The van der Waals surface area contributed by atoms with Crippen LogP contribution in [0.25, 0.3) is 0 Å². The van der Waals surface area contributed by atoms with Gasteiger partial charge in [0, 0.05) is 25.9 Å². The number of halogens is 1. The summed E-state index contributed by atoms with van der Waals surface area (Å²) in [5, 5.41) is 14.9. The standard InChI is InChI=1S/C21H21FN4O2/c22-17-8-6-16(7-9-17)20(27)21(28)25-11-10-19-23-18(24-26(19)13-12-25)14-15-4-2-1-3-5-15/h1-9,20,27H,10-14H2. The molecule has 0 spiro atoms. The van der Waals surface area contributed by atoms with Crippen LogP contribution in [0.2, 0.25) is 0 Å². The van der Waals surface area contributed by atoms with E-state index in [1.54, 1.807) is 4.90 Å². The van der Waals surface area contributed by atoms with Crippen molar-refractivity contribution in [3.8, 4) is 0 Å². The van der Waals surface area contributed by atoms with Crippen molar-refractivity contribution in [3.05, 3.63) is 83.2 Å². The first-order valence-corrected chi connectivity index (χ1v) is 9.29. The molecule has 1 amide bonds. The monoisotopic (exact) mass is 380 g/mol. The number of carbonyl (C=O) groups is 1. The smallest absolute Gasteiger partial charge is 0.256 e. The third-order valence-electron chi connectivity index (χ3n) is 4.92. The molecule has 1 unspecified atom stereocenters. The normalized spacial score (nSPS) is 15.0. The quantitative estimate of drug-likeness (QED) is 0.753. The maximum absolute atomic E-state index is 13.1. The number of aliphatic hydroxyl groups excluding tert-OH is 1. The van der Waals surface area contributed by atoms with Gasteiger partial charge in [-0.1, -0.05) is 42.5 Å². The Morgan fingerprint density at radius 3 is 2.57 bits per heavy atom. The molecular formula is C21H21FN4O2. The highest BCUT2D eigenvalue weighted by atomic mass is 19.1. The van der Waals surface area contributed by atoms with E-state index in [2.05, 4.69) is 10.1 Å². The molecular weight excluding hydrogens is 359 g/mol. The molecule has 2 aromatic carbocycles. The van der Waals surface area contributed by atoms with Crippen LogP contribution in [0.15, 0.2) is 54.6 Å². The van der Waals surface area contributed by atoms with Gasteiger partial charge in [-0.25, -0.2) is 14.1 Å². The minimum absolute atomic E-state index is 0.386. The zero-order valence-corrected chi connectivity index (χ0v) is 15.3. The molecule has 4 rings (SSSR count). The summed E-state index contributed by atoms with van der Waals surface area (Å²) in [5.74, 6) is 0.827. The summed E-state index contributed by atoms with van der Waals surface area (Å²) in [7, 11) is 0. The number of carbonyl (C=O) groups excluding carboxylic acids is 1.